The van der Waals surface area contributed by atoms with Gasteiger partial charge in [0.25, 0.3) is 5.91 Å². The second kappa shape index (κ2) is 20.9. The average molecular weight is 623 g/mol. The number of amides is 2. The lowest BCUT2D eigenvalue weighted by molar-refractivity contribution is -0.138. The average Bonchev–Trinajstić information content (AvgIpc) is 3.06. The number of benzene rings is 1. The Morgan fingerprint density at radius 1 is 0.867 bits per heavy atom. The molecule has 250 valence electrons. The lowest BCUT2D eigenvalue weighted by atomic mass is 9.91. The molecule has 45 heavy (non-hydrogen) atoms. The van der Waals surface area contributed by atoms with Crippen LogP contribution in [-0.4, -0.2) is 64.0 Å². The van der Waals surface area contributed by atoms with E-state index in [4.69, 9.17) is 5.11 Å². The van der Waals surface area contributed by atoms with Crippen LogP contribution in [0.4, 0.5) is 0 Å². The third-order valence-corrected chi connectivity index (χ3v) is 9.16. The third-order valence-electron chi connectivity index (χ3n) is 9.16. The van der Waals surface area contributed by atoms with E-state index in [-0.39, 0.29) is 18.7 Å². The third kappa shape index (κ3) is 13.5. The highest BCUT2D eigenvalue weighted by Crippen LogP contribution is 2.22. The van der Waals surface area contributed by atoms with Crippen molar-refractivity contribution in [1.82, 2.24) is 20.5 Å². The lowest BCUT2D eigenvalue weighted by Crippen LogP contribution is -2.49. The molecule has 3 N–H and O–H groups in total. The van der Waals surface area contributed by atoms with Crippen LogP contribution >= 0.6 is 0 Å². The van der Waals surface area contributed by atoms with Gasteiger partial charge >= 0.3 is 5.97 Å². The van der Waals surface area contributed by atoms with Gasteiger partial charge in [-0.3, -0.25) is 19.4 Å². The highest BCUT2D eigenvalue weighted by Gasteiger charge is 2.27. The first-order valence-electron chi connectivity index (χ1n) is 17.8. The van der Waals surface area contributed by atoms with Crippen molar-refractivity contribution in [3.8, 4) is 0 Å². The lowest BCUT2D eigenvalue weighted by Gasteiger charge is -2.30. The highest BCUT2D eigenvalue weighted by molar-refractivity contribution is 5.99. The van der Waals surface area contributed by atoms with Gasteiger partial charge < -0.3 is 20.6 Å². The van der Waals surface area contributed by atoms with Crippen LogP contribution in [0.25, 0.3) is 10.9 Å². The second-order valence-corrected chi connectivity index (χ2v) is 13.0. The summed E-state index contributed by atoms with van der Waals surface area (Å²) in [5, 5.41) is 16.6. The predicted molar refractivity (Wildman–Crippen MR) is 182 cm³/mol. The van der Waals surface area contributed by atoms with E-state index in [2.05, 4.69) is 29.5 Å². The molecule has 2 aromatic rings. The Hall–Kier alpha value is -3.00. The van der Waals surface area contributed by atoms with E-state index in [1.807, 2.05) is 24.3 Å². The van der Waals surface area contributed by atoms with Gasteiger partial charge in [-0.1, -0.05) is 96.3 Å². The Bertz CT molecular complexity index is 1130. The number of hydrogen-bond donors (Lipinski definition) is 3. The van der Waals surface area contributed by atoms with Crippen LogP contribution in [0, 0.1) is 0 Å². The van der Waals surface area contributed by atoms with Crippen LogP contribution in [0.15, 0.2) is 36.5 Å². The molecule has 8 nitrogen and oxygen atoms in total. The molecule has 1 atom stereocenters. The zero-order valence-electron chi connectivity index (χ0n) is 27.9. The maximum absolute atomic E-state index is 13.3. The van der Waals surface area contributed by atoms with Gasteiger partial charge in [-0.05, 0) is 57.1 Å². The minimum Gasteiger partial charge on any atom is -0.481 e. The number of para-hydroxylation sites is 1. The topological polar surface area (TPSA) is 112 Å². The van der Waals surface area contributed by atoms with Crippen LogP contribution < -0.4 is 10.6 Å². The fourth-order valence-corrected chi connectivity index (χ4v) is 6.49. The van der Waals surface area contributed by atoms with Crippen molar-refractivity contribution in [3.63, 3.8) is 0 Å². The van der Waals surface area contributed by atoms with Crippen molar-refractivity contribution in [2.75, 3.05) is 13.1 Å². The molecule has 8 heteroatoms. The number of carbonyl (C=O) groups excluding carboxylic acids is 2. The molecule has 0 aliphatic heterocycles. The van der Waals surface area contributed by atoms with Crippen LogP contribution in [-0.2, 0) is 9.59 Å². The molecule has 2 aliphatic carbocycles. The molecule has 0 bridgehead atoms. The van der Waals surface area contributed by atoms with E-state index in [1.165, 1.54) is 70.4 Å². The molecule has 2 aliphatic rings. The van der Waals surface area contributed by atoms with Gasteiger partial charge in [0, 0.05) is 43.2 Å². The number of hydrogen-bond acceptors (Lipinski definition) is 5. The summed E-state index contributed by atoms with van der Waals surface area (Å²) >= 11 is 0. The van der Waals surface area contributed by atoms with Crippen molar-refractivity contribution in [1.29, 1.82) is 0 Å². The number of carboxylic acids is 1. The van der Waals surface area contributed by atoms with E-state index in [1.54, 1.807) is 11.0 Å². The molecule has 0 radical (unpaired) electrons. The smallest absolute Gasteiger partial charge is 0.303 e. The number of unbranched alkanes of at least 4 members (excludes halogenated alkanes) is 4. The normalized spacial score (nSPS) is 16.4. The number of rotatable bonds is 16. The number of aliphatic carboxylic acids is 1. The van der Waals surface area contributed by atoms with Gasteiger partial charge in [-0.15, -0.1) is 0 Å². The van der Waals surface area contributed by atoms with E-state index in [0.717, 1.165) is 61.5 Å². The molecule has 2 saturated carbocycles. The van der Waals surface area contributed by atoms with E-state index in [0.29, 0.717) is 18.7 Å². The number of nitrogens with one attached hydrogen (secondary N) is 2. The summed E-state index contributed by atoms with van der Waals surface area (Å²) in [6.07, 6.45) is 21.8. The van der Waals surface area contributed by atoms with Crippen molar-refractivity contribution in [2.24, 2.45) is 0 Å². The summed E-state index contributed by atoms with van der Waals surface area (Å²) in [4.78, 5) is 43.5. The first-order valence-corrected chi connectivity index (χ1v) is 17.8. The van der Waals surface area contributed by atoms with Gasteiger partial charge in [-0.25, -0.2) is 0 Å². The Morgan fingerprint density at radius 2 is 1.44 bits per heavy atom. The van der Waals surface area contributed by atoms with E-state index in [9.17, 15) is 14.4 Å². The monoisotopic (exact) mass is 622 g/mol. The molecule has 4 rings (SSSR count). The molecule has 2 fully saturated rings. The van der Waals surface area contributed by atoms with Crippen LogP contribution in [0.5, 0.6) is 0 Å². The molecule has 1 heterocycles. The van der Waals surface area contributed by atoms with Crippen molar-refractivity contribution >= 4 is 28.7 Å². The van der Waals surface area contributed by atoms with Gasteiger partial charge in [-0.2, -0.15) is 0 Å². The summed E-state index contributed by atoms with van der Waals surface area (Å²) in [5.74, 6) is -1.62. The number of nitrogens with zero attached hydrogens (tertiary/aromatic N) is 2. The fraction of sp³-hybridized carbons (Fsp3) is 0.676. The largest absolute Gasteiger partial charge is 0.481 e. The summed E-state index contributed by atoms with van der Waals surface area (Å²) in [7, 11) is 0. The number of carbonyl (C=O) groups is 3. The minimum atomic E-state index is -0.993. The van der Waals surface area contributed by atoms with E-state index < -0.39 is 17.9 Å². The molecule has 1 aromatic heterocycles. The SMILES string of the molecule is C1CCC(NC2CCCCC2)CC1.CCCCCN(CCCCC)C(=O)[C@@H](CCC(=O)O)NC(=O)c1cnc2ccccc2c1. The van der Waals surface area contributed by atoms with Crippen LogP contribution in [0.2, 0.25) is 0 Å². The summed E-state index contributed by atoms with van der Waals surface area (Å²) in [6, 6.07) is 10.1. The van der Waals surface area contributed by atoms with Gasteiger partial charge in [0.05, 0.1) is 11.1 Å². The number of pyridine rings is 1. The molecule has 1 aromatic carbocycles. The second-order valence-electron chi connectivity index (χ2n) is 13.0. The van der Waals surface area contributed by atoms with Crippen LogP contribution in [0.3, 0.4) is 0 Å². The Morgan fingerprint density at radius 3 is 2.00 bits per heavy atom. The maximum atomic E-state index is 13.3. The summed E-state index contributed by atoms with van der Waals surface area (Å²) < 4.78 is 0. The van der Waals surface area contributed by atoms with E-state index >= 15 is 0 Å². The maximum Gasteiger partial charge on any atom is 0.303 e. The van der Waals surface area contributed by atoms with Gasteiger partial charge in [0.2, 0.25) is 5.91 Å². The quantitative estimate of drug-likeness (QED) is 0.166. The molecular weight excluding hydrogens is 564 g/mol. The van der Waals surface area contributed by atoms with Crippen molar-refractivity contribution < 1.29 is 19.5 Å². The Labute approximate surface area is 271 Å². The van der Waals surface area contributed by atoms with Gasteiger partial charge in [0.15, 0.2) is 0 Å². The standard InChI is InChI=1S/C25H35N3O4.C12H23N/c1-3-5-9-15-28(16-10-6-4-2)25(32)22(13-14-23(29)30)27-24(31)20-17-19-11-7-8-12-21(19)26-18-20;1-3-7-11(8-4-1)13-12-9-5-2-6-10-12/h7-8,11-12,17-18,22H,3-6,9-10,13-16H2,1-2H3,(H,27,31)(H,29,30);11-13H,1-10H2/t22-;/m1./s1. The molecule has 0 spiro atoms. The predicted octanol–water partition coefficient (Wildman–Crippen LogP) is 7.65. The fourth-order valence-electron chi connectivity index (χ4n) is 6.49. The molecular formula is C37H58N4O4. The molecule has 0 unspecified atom stereocenters. The summed E-state index contributed by atoms with van der Waals surface area (Å²) in [6.45, 7) is 5.45. The van der Waals surface area contributed by atoms with Crippen LogP contribution in [0.1, 0.15) is 140 Å². The number of fused-ring (bicyclic) bond motifs is 1. The van der Waals surface area contributed by atoms with Crippen molar-refractivity contribution in [3.05, 3.63) is 42.1 Å². The zero-order chi connectivity index (χ0) is 32.3. The Kier molecular flexibility index (Phi) is 17.0. The molecule has 2 amide bonds. The van der Waals surface area contributed by atoms with Gasteiger partial charge in [0.1, 0.15) is 6.04 Å². The summed E-state index contributed by atoms with van der Waals surface area (Å²) in [5.41, 5.74) is 1.13. The Balaban J connectivity index is 0.000000350. The minimum absolute atomic E-state index is 0.0545. The number of aromatic nitrogens is 1. The first kappa shape index (κ1) is 36.5. The highest BCUT2D eigenvalue weighted by atomic mass is 16.4. The van der Waals surface area contributed by atoms with Crippen molar-refractivity contribution in [2.45, 2.75) is 148 Å². The first-order chi connectivity index (χ1) is 21.9. The zero-order valence-corrected chi connectivity index (χ0v) is 27.9. The molecule has 0 saturated heterocycles. The number of carboxylic acid groups (broad SMARTS) is 1.